The lowest BCUT2D eigenvalue weighted by Crippen LogP contribution is -2.47. The van der Waals surface area contributed by atoms with E-state index in [9.17, 15) is 0 Å². The molecule has 0 aliphatic heterocycles. The van der Waals surface area contributed by atoms with Crippen LogP contribution in [0.4, 0.5) is 5.69 Å². The molecular formula is C26H32N4O2. The molecule has 7 rings (SSSR count). The van der Waals surface area contributed by atoms with Crippen LogP contribution in [0.15, 0.2) is 39.4 Å². The van der Waals surface area contributed by atoms with Gasteiger partial charge < -0.3 is 14.3 Å². The molecule has 0 unspecified atom stereocenters. The Kier molecular flexibility index (Phi) is 4.85. The Labute approximate surface area is 189 Å². The summed E-state index contributed by atoms with van der Waals surface area (Å²) in [7, 11) is 0. The summed E-state index contributed by atoms with van der Waals surface area (Å²) in [5, 5.41) is 8.03. The van der Waals surface area contributed by atoms with Gasteiger partial charge in [0.15, 0.2) is 17.5 Å². The third-order valence-corrected chi connectivity index (χ3v) is 8.07. The molecule has 1 N–H and O–H groups in total. The number of nitrogens with zero attached hydrogens (tertiary/aromatic N) is 3. The number of oxazole rings is 1. The SMILES string of the molecule is CCCc1ncc(-c2cccc(NCC34CCC(c5nc(C6CC6)no5)(CC3)CC4)c2)o1. The normalized spacial score (nSPS) is 27.0. The summed E-state index contributed by atoms with van der Waals surface area (Å²) in [5.74, 6) is 4.10. The van der Waals surface area contributed by atoms with Crippen molar-refractivity contribution in [1.82, 2.24) is 15.1 Å². The molecule has 32 heavy (non-hydrogen) atoms. The number of aromatic nitrogens is 3. The minimum Gasteiger partial charge on any atom is -0.441 e. The molecule has 4 aliphatic carbocycles. The summed E-state index contributed by atoms with van der Waals surface area (Å²) < 4.78 is 11.7. The van der Waals surface area contributed by atoms with E-state index in [2.05, 4.69) is 46.6 Å². The predicted octanol–water partition coefficient (Wildman–Crippen LogP) is 6.26. The van der Waals surface area contributed by atoms with E-state index in [-0.39, 0.29) is 5.41 Å². The predicted molar refractivity (Wildman–Crippen MR) is 123 cm³/mol. The minimum absolute atomic E-state index is 0.129. The summed E-state index contributed by atoms with van der Waals surface area (Å²) >= 11 is 0. The van der Waals surface area contributed by atoms with Crippen LogP contribution >= 0.6 is 0 Å². The maximum atomic E-state index is 5.92. The highest BCUT2D eigenvalue weighted by atomic mass is 16.5. The molecule has 4 fully saturated rings. The fourth-order valence-electron chi connectivity index (χ4n) is 5.65. The van der Waals surface area contributed by atoms with Crippen molar-refractivity contribution < 1.29 is 8.94 Å². The number of aryl methyl sites for hydroxylation is 1. The van der Waals surface area contributed by atoms with Gasteiger partial charge in [-0.25, -0.2) is 4.98 Å². The summed E-state index contributed by atoms with van der Waals surface area (Å²) in [6.07, 6.45) is 13.4. The zero-order valence-electron chi connectivity index (χ0n) is 18.9. The lowest BCUT2D eigenvalue weighted by Gasteiger charge is -2.52. The molecule has 1 aromatic carbocycles. The van der Waals surface area contributed by atoms with Crippen molar-refractivity contribution in [2.24, 2.45) is 5.41 Å². The smallest absolute Gasteiger partial charge is 0.232 e. The standard InChI is InChI=1S/C26H32N4O2/c1-2-4-22-27-16-21(31-22)19-5-3-6-20(15-19)28-17-25-9-12-26(13-10-25,14-11-25)24-29-23(30-32-24)18-7-8-18/h3,5-6,15-16,18,28H,2,4,7-14,17H2,1H3. The van der Waals surface area contributed by atoms with Crippen molar-refractivity contribution in [2.45, 2.75) is 82.5 Å². The Bertz CT molecular complexity index is 1070. The highest BCUT2D eigenvalue weighted by Gasteiger charge is 2.52. The summed E-state index contributed by atoms with van der Waals surface area (Å²) in [5.41, 5.74) is 2.73. The van der Waals surface area contributed by atoms with E-state index in [0.29, 0.717) is 11.3 Å². The average molecular weight is 433 g/mol. The number of hydrogen-bond donors (Lipinski definition) is 1. The highest BCUT2D eigenvalue weighted by Crippen LogP contribution is 2.57. The molecule has 3 aromatic rings. The van der Waals surface area contributed by atoms with Gasteiger partial charge in [0.1, 0.15) is 0 Å². The van der Waals surface area contributed by atoms with Crippen LogP contribution in [-0.4, -0.2) is 21.7 Å². The molecule has 0 radical (unpaired) electrons. The molecule has 4 saturated carbocycles. The molecule has 6 heteroatoms. The van der Waals surface area contributed by atoms with Crippen LogP contribution in [-0.2, 0) is 11.8 Å². The van der Waals surface area contributed by atoms with Gasteiger partial charge in [0.2, 0.25) is 5.89 Å². The molecule has 2 bridgehead atoms. The molecule has 4 aliphatic rings. The van der Waals surface area contributed by atoms with Gasteiger partial charge in [-0.15, -0.1) is 0 Å². The van der Waals surface area contributed by atoms with Crippen molar-refractivity contribution in [3.05, 3.63) is 48.1 Å². The van der Waals surface area contributed by atoms with Crippen molar-refractivity contribution in [3.8, 4) is 11.3 Å². The first kappa shape index (κ1) is 20.0. The maximum Gasteiger partial charge on any atom is 0.232 e. The van der Waals surface area contributed by atoms with E-state index < -0.39 is 0 Å². The molecular weight excluding hydrogens is 400 g/mol. The van der Waals surface area contributed by atoms with Crippen molar-refractivity contribution in [1.29, 1.82) is 0 Å². The Morgan fingerprint density at radius 1 is 1.09 bits per heavy atom. The third kappa shape index (κ3) is 3.63. The van der Waals surface area contributed by atoms with E-state index in [0.717, 1.165) is 54.0 Å². The third-order valence-electron chi connectivity index (χ3n) is 8.07. The van der Waals surface area contributed by atoms with Crippen LogP contribution in [0.1, 0.15) is 88.2 Å². The van der Waals surface area contributed by atoms with E-state index >= 15 is 0 Å². The van der Waals surface area contributed by atoms with Crippen LogP contribution < -0.4 is 5.32 Å². The fraction of sp³-hybridized carbons (Fsp3) is 0.577. The van der Waals surface area contributed by atoms with E-state index in [1.54, 1.807) is 0 Å². The van der Waals surface area contributed by atoms with Gasteiger partial charge in [0, 0.05) is 35.5 Å². The first-order valence-corrected chi connectivity index (χ1v) is 12.3. The topological polar surface area (TPSA) is 77.0 Å². The van der Waals surface area contributed by atoms with E-state index in [4.69, 9.17) is 13.9 Å². The Morgan fingerprint density at radius 3 is 2.66 bits per heavy atom. The number of anilines is 1. The minimum atomic E-state index is 0.129. The summed E-state index contributed by atoms with van der Waals surface area (Å²) in [6.45, 7) is 3.16. The number of hydrogen-bond acceptors (Lipinski definition) is 6. The van der Waals surface area contributed by atoms with Crippen LogP contribution in [0.5, 0.6) is 0 Å². The number of benzene rings is 1. The zero-order chi connectivity index (χ0) is 21.6. The molecule has 168 valence electrons. The first-order valence-electron chi connectivity index (χ1n) is 12.3. The van der Waals surface area contributed by atoms with Gasteiger partial charge in [-0.1, -0.05) is 24.2 Å². The van der Waals surface area contributed by atoms with Crippen LogP contribution in [0.2, 0.25) is 0 Å². The second-order valence-electron chi connectivity index (χ2n) is 10.3. The molecule has 6 nitrogen and oxygen atoms in total. The average Bonchev–Trinajstić information content (AvgIpc) is 3.37. The molecule has 0 saturated heterocycles. The lowest BCUT2D eigenvalue weighted by atomic mass is 9.53. The summed E-state index contributed by atoms with van der Waals surface area (Å²) in [4.78, 5) is 9.23. The monoisotopic (exact) mass is 432 g/mol. The fourth-order valence-corrected chi connectivity index (χ4v) is 5.65. The first-order chi connectivity index (χ1) is 15.7. The lowest BCUT2D eigenvalue weighted by molar-refractivity contribution is 0.0322. The van der Waals surface area contributed by atoms with Crippen molar-refractivity contribution >= 4 is 5.69 Å². The van der Waals surface area contributed by atoms with Gasteiger partial charge in [-0.3, -0.25) is 0 Å². The van der Waals surface area contributed by atoms with Gasteiger partial charge in [-0.05, 0) is 75.3 Å². The highest BCUT2D eigenvalue weighted by molar-refractivity contribution is 5.63. The van der Waals surface area contributed by atoms with Gasteiger partial charge >= 0.3 is 0 Å². The Morgan fingerprint density at radius 2 is 1.91 bits per heavy atom. The van der Waals surface area contributed by atoms with Gasteiger partial charge in [0.05, 0.1) is 6.20 Å². The van der Waals surface area contributed by atoms with Gasteiger partial charge in [0.25, 0.3) is 0 Å². The quantitative estimate of drug-likeness (QED) is 0.453. The Balaban J connectivity index is 1.10. The molecule has 2 heterocycles. The molecule has 0 amide bonds. The Hall–Kier alpha value is -2.63. The number of fused-ring (bicyclic) bond motifs is 3. The molecule has 0 atom stereocenters. The zero-order valence-corrected chi connectivity index (χ0v) is 18.9. The van der Waals surface area contributed by atoms with Gasteiger partial charge in [-0.2, -0.15) is 4.98 Å². The van der Waals surface area contributed by atoms with E-state index in [1.807, 2.05) is 6.20 Å². The second kappa shape index (κ2) is 7.75. The maximum absolute atomic E-state index is 5.92. The summed E-state index contributed by atoms with van der Waals surface area (Å²) in [6, 6.07) is 8.52. The largest absolute Gasteiger partial charge is 0.441 e. The number of rotatable bonds is 8. The van der Waals surface area contributed by atoms with Crippen molar-refractivity contribution in [3.63, 3.8) is 0 Å². The number of nitrogens with one attached hydrogen (secondary N) is 1. The van der Waals surface area contributed by atoms with Crippen LogP contribution in [0.3, 0.4) is 0 Å². The van der Waals surface area contributed by atoms with Crippen LogP contribution in [0.25, 0.3) is 11.3 Å². The second-order valence-corrected chi connectivity index (χ2v) is 10.3. The molecule has 0 spiro atoms. The van der Waals surface area contributed by atoms with Crippen LogP contribution in [0, 0.1) is 5.41 Å². The van der Waals surface area contributed by atoms with E-state index in [1.165, 1.54) is 51.4 Å². The van der Waals surface area contributed by atoms with Crippen molar-refractivity contribution in [2.75, 3.05) is 11.9 Å². The molecule has 2 aromatic heterocycles.